The van der Waals surface area contributed by atoms with E-state index >= 15 is 0 Å². The first-order chi connectivity index (χ1) is 13.2. The van der Waals surface area contributed by atoms with E-state index in [4.69, 9.17) is 23.2 Å². The van der Waals surface area contributed by atoms with Crippen molar-refractivity contribution in [3.8, 4) is 0 Å². The second kappa shape index (κ2) is 7.06. The molecule has 2 aromatic rings. The first-order valence-corrected chi connectivity index (χ1v) is 10.1. The fraction of sp³-hybridized carbons (Fsp3) is 0.304. The molecule has 3 nitrogen and oxygen atoms in total. The molecule has 144 valence electrons. The summed E-state index contributed by atoms with van der Waals surface area (Å²) in [7, 11) is 0. The maximum Gasteiger partial charge on any atom is 0.232 e. The van der Waals surface area contributed by atoms with Crippen LogP contribution in [0.25, 0.3) is 0 Å². The van der Waals surface area contributed by atoms with Gasteiger partial charge in [0.15, 0.2) is 5.78 Å². The molecule has 0 saturated carbocycles. The van der Waals surface area contributed by atoms with Crippen molar-refractivity contribution >= 4 is 40.6 Å². The Bertz CT molecular complexity index is 975. The third-order valence-electron chi connectivity index (χ3n) is 5.45. The number of hydrogen-bond donors (Lipinski definition) is 0. The van der Waals surface area contributed by atoms with Gasteiger partial charge in [0.2, 0.25) is 5.91 Å². The number of benzene rings is 2. The lowest BCUT2D eigenvalue weighted by molar-refractivity contribution is -0.121. The van der Waals surface area contributed by atoms with Crippen LogP contribution < -0.4 is 4.90 Å². The van der Waals surface area contributed by atoms with E-state index < -0.39 is 0 Å². The molecule has 0 fully saturated rings. The van der Waals surface area contributed by atoms with E-state index in [1.165, 1.54) is 0 Å². The van der Waals surface area contributed by atoms with Gasteiger partial charge in [-0.1, -0.05) is 67.4 Å². The van der Waals surface area contributed by atoms with Crippen LogP contribution in [0, 0.1) is 5.41 Å². The first kappa shape index (κ1) is 19.2. The molecular weight excluding hydrogens is 393 g/mol. The lowest BCUT2D eigenvalue weighted by Crippen LogP contribution is -2.43. The summed E-state index contributed by atoms with van der Waals surface area (Å²) in [6, 6.07) is 14.9. The molecule has 0 bridgehead atoms. The summed E-state index contributed by atoms with van der Waals surface area (Å²) in [6.45, 7) is 4.13. The van der Waals surface area contributed by atoms with Crippen LogP contribution in [-0.2, 0) is 9.59 Å². The molecule has 1 aliphatic carbocycles. The summed E-state index contributed by atoms with van der Waals surface area (Å²) in [6.07, 6.45) is 1.37. The number of halogens is 2. The van der Waals surface area contributed by atoms with Gasteiger partial charge in [0, 0.05) is 40.1 Å². The molecule has 1 amide bonds. The summed E-state index contributed by atoms with van der Waals surface area (Å²) in [5.41, 5.74) is 2.94. The second-order valence-corrected chi connectivity index (χ2v) is 9.20. The van der Waals surface area contributed by atoms with E-state index in [0.29, 0.717) is 28.6 Å². The van der Waals surface area contributed by atoms with Crippen molar-refractivity contribution in [2.24, 2.45) is 5.41 Å². The summed E-state index contributed by atoms with van der Waals surface area (Å²) in [4.78, 5) is 28.1. The van der Waals surface area contributed by atoms with Crippen LogP contribution in [0.4, 0.5) is 5.69 Å². The highest BCUT2D eigenvalue weighted by molar-refractivity contribution is 6.35. The van der Waals surface area contributed by atoms with Crippen molar-refractivity contribution in [3.05, 3.63) is 75.4 Å². The average molecular weight is 414 g/mol. The zero-order valence-electron chi connectivity index (χ0n) is 15.8. The molecule has 0 aromatic heterocycles. The first-order valence-electron chi connectivity index (χ1n) is 9.35. The van der Waals surface area contributed by atoms with Crippen molar-refractivity contribution in [3.63, 3.8) is 0 Å². The van der Waals surface area contributed by atoms with Crippen LogP contribution in [0.3, 0.4) is 0 Å². The van der Waals surface area contributed by atoms with E-state index in [2.05, 4.69) is 13.8 Å². The Morgan fingerprint density at radius 2 is 1.61 bits per heavy atom. The van der Waals surface area contributed by atoms with Crippen molar-refractivity contribution in [1.82, 2.24) is 0 Å². The minimum Gasteiger partial charge on any atom is -0.294 e. The number of hydrogen-bond acceptors (Lipinski definition) is 2. The molecule has 28 heavy (non-hydrogen) atoms. The van der Waals surface area contributed by atoms with Gasteiger partial charge in [0.05, 0.1) is 5.69 Å². The molecule has 1 unspecified atom stereocenters. The van der Waals surface area contributed by atoms with Gasteiger partial charge in [-0.2, -0.15) is 0 Å². The van der Waals surface area contributed by atoms with Gasteiger partial charge in [-0.25, -0.2) is 0 Å². The second-order valence-electron chi connectivity index (χ2n) is 8.33. The Labute approximate surface area is 174 Å². The molecule has 5 heteroatoms. The fourth-order valence-corrected chi connectivity index (χ4v) is 4.87. The Hall–Kier alpha value is -2.10. The molecule has 1 aliphatic heterocycles. The van der Waals surface area contributed by atoms with Gasteiger partial charge < -0.3 is 0 Å². The number of rotatable bonds is 2. The Balaban J connectivity index is 1.92. The number of ketones is 1. The normalized spacial score (nSPS) is 21.7. The van der Waals surface area contributed by atoms with E-state index in [9.17, 15) is 9.59 Å². The molecule has 2 aliphatic rings. The number of carbonyl (C=O) groups is 2. The Morgan fingerprint density at radius 1 is 0.964 bits per heavy atom. The predicted octanol–water partition coefficient (Wildman–Crippen LogP) is 6.16. The van der Waals surface area contributed by atoms with Gasteiger partial charge in [0.25, 0.3) is 0 Å². The summed E-state index contributed by atoms with van der Waals surface area (Å²) < 4.78 is 0. The Morgan fingerprint density at radius 3 is 2.25 bits per heavy atom. The zero-order valence-corrected chi connectivity index (χ0v) is 17.3. The fourth-order valence-electron chi connectivity index (χ4n) is 4.35. The van der Waals surface area contributed by atoms with Gasteiger partial charge in [0.1, 0.15) is 0 Å². The van der Waals surface area contributed by atoms with E-state index in [0.717, 1.165) is 16.8 Å². The summed E-state index contributed by atoms with van der Waals surface area (Å²) in [5, 5.41) is 0.924. The number of allylic oxidation sites excluding steroid dienone is 2. The molecule has 0 N–H and O–H groups in total. The van der Waals surface area contributed by atoms with E-state index in [1.54, 1.807) is 23.1 Å². The van der Waals surface area contributed by atoms with Gasteiger partial charge in [-0.15, -0.1) is 0 Å². The molecule has 1 atom stereocenters. The number of anilines is 1. The Kier molecular flexibility index (Phi) is 4.84. The zero-order chi connectivity index (χ0) is 20.1. The quantitative estimate of drug-likeness (QED) is 0.591. The third kappa shape index (κ3) is 3.49. The van der Waals surface area contributed by atoms with Crippen molar-refractivity contribution in [1.29, 1.82) is 0 Å². The SMILES string of the molecule is CC1(C)CC(=O)C2=C(C1)N(c1cc(Cl)cc(Cl)c1)C(=O)CC2c1ccccc1. The highest BCUT2D eigenvalue weighted by atomic mass is 35.5. The van der Waals surface area contributed by atoms with Crippen LogP contribution in [0.2, 0.25) is 10.0 Å². The topological polar surface area (TPSA) is 37.4 Å². The number of Topliss-reactive ketones (excluding diaryl/α,β-unsaturated/α-hetero) is 1. The monoisotopic (exact) mass is 413 g/mol. The van der Waals surface area contributed by atoms with Gasteiger partial charge >= 0.3 is 0 Å². The maximum atomic E-state index is 13.3. The van der Waals surface area contributed by atoms with Crippen LogP contribution in [-0.4, -0.2) is 11.7 Å². The van der Waals surface area contributed by atoms with Gasteiger partial charge in [-0.3, -0.25) is 14.5 Å². The van der Waals surface area contributed by atoms with Gasteiger partial charge in [-0.05, 0) is 35.6 Å². The molecular formula is C23H21Cl2NO2. The minimum absolute atomic E-state index is 0.0450. The maximum absolute atomic E-state index is 13.3. The average Bonchev–Trinajstić information content (AvgIpc) is 2.59. The molecule has 0 radical (unpaired) electrons. The minimum atomic E-state index is -0.213. The van der Waals surface area contributed by atoms with Crippen molar-refractivity contribution < 1.29 is 9.59 Å². The number of carbonyl (C=O) groups excluding carboxylic acids is 2. The van der Waals surface area contributed by atoms with E-state index in [-0.39, 0.29) is 29.4 Å². The van der Waals surface area contributed by atoms with Crippen molar-refractivity contribution in [2.75, 3.05) is 4.90 Å². The molecule has 2 aromatic carbocycles. The molecule has 0 spiro atoms. The van der Waals surface area contributed by atoms with Crippen LogP contribution in [0.15, 0.2) is 59.8 Å². The summed E-state index contributed by atoms with van der Waals surface area (Å²) >= 11 is 12.4. The standard InChI is InChI=1S/C23H21Cl2NO2/c1-23(2)12-19-22(20(27)13-23)18(14-6-4-3-5-7-14)11-21(28)26(19)17-9-15(24)8-16(25)10-17/h3-10,18H,11-13H2,1-2H3. The highest BCUT2D eigenvalue weighted by Crippen LogP contribution is 2.48. The largest absolute Gasteiger partial charge is 0.294 e. The predicted molar refractivity (Wildman–Crippen MR) is 113 cm³/mol. The smallest absolute Gasteiger partial charge is 0.232 e. The lowest BCUT2D eigenvalue weighted by Gasteiger charge is -2.43. The lowest BCUT2D eigenvalue weighted by atomic mass is 9.69. The highest BCUT2D eigenvalue weighted by Gasteiger charge is 2.44. The summed E-state index contributed by atoms with van der Waals surface area (Å²) in [5.74, 6) is -0.139. The van der Waals surface area contributed by atoms with Crippen molar-refractivity contribution in [2.45, 2.75) is 39.0 Å². The van der Waals surface area contributed by atoms with Crippen LogP contribution in [0.1, 0.15) is 44.6 Å². The number of amides is 1. The molecule has 4 rings (SSSR count). The van der Waals surface area contributed by atoms with Crippen LogP contribution >= 0.6 is 23.2 Å². The molecule has 0 saturated heterocycles. The van der Waals surface area contributed by atoms with Crippen LogP contribution in [0.5, 0.6) is 0 Å². The molecule has 1 heterocycles. The number of nitrogens with zero attached hydrogens (tertiary/aromatic N) is 1. The third-order valence-corrected chi connectivity index (χ3v) is 5.89. The van der Waals surface area contributed by atoms with E-state index in [1.807, 2.05) is 30.3 Å².